The third-order valence-electron chi connectivity index (χ3n) is 4.56. The normalized spacial score (nSPS) is 16.3. The summed E-state index contributed by atoms with van der Waals surface area (Å²) in [5, 5.41) is 8.09. The molecule has 126 valence electrons. The Kier molecular flexibility index (Phi) is 5.08. The third-order valence-corrected chi connectivity index (χ3v) is 4.56. The molecule has 0 bridgehead atoms. The summed E-state index contributed by atoms with van der Waals surface area (Å²) in [5.41, 5.74) is 1.11. The van der Waals surface area contributed by atoms with Crippen molar-refractivity contribution in [3.63, 3.8) is 0 Å². The molecule has 5 heteroatoms. The maximum absolute atomic E-state index is 13.1. The Hall–Kier alpha value is -2.43. The van der Waals surface area contributed by atoms with Crippen LogP contribution in [0.5, 0.6) is 0 Å². The largest absolute Gasteiger partial charge is 0.352 e. The van der Waals surface area contributed by atoms with Crippen molar-refractivity contribution in [1.29, 1.82) is 0 Å². The number of hydrogen-bond donors (Lipinski definition) is 0. The standard InChI is InChI=1S/C19H24N4O/c1-15(2)18(16-7-4-3-5-8-16)19(24)23-13-11-22(12-14-23)17-9-6-10-20-21-17/h3-10,15,18H,11-14H2,1-2H3. The van der Waals surface area contributed by atoms with Gasteiger partial charge in [-0.25, -0.2) is 0 Å². The fourth-order valence-corrected chi connectivity index (χ4v) is 3.29. The molecule has 0 aliphatic carbocycles. The van der Waals surface area contributed by atoms with Crippen LogP contribution in [-0.4, -0.2) is 47.2 Å². The van der Waals surface area contributed by atoms with E-state index < -0.39 is 0 Å². The van der Waals surface area contributed by atoms with Crippen molar-refractivity contribution in [2.24, 2.45) is 5.92 Å². The van der Waals surface area contributed by atoms with Crippen molar-refractivity contribution in [3.8, 4) is 0 Å². The van der Waals surface area contributed by atoms with E-state index in [1.165, 1.54) is 0 Å². The predicted octanol–water partition coefficient (Wildman–Crippen LogP) is 2.57. The molecule has 1 fully saturated rings. The second-order valence-corrected chi connectivity index (χ2v) is 6.53. The van der Waals surface area contributed by atoms with Crippen molar-refractivity contribution in [1.82, 2.24) is 15.1 Å². The highest BCUT2D eigenvalue weighted by molar-refractivity contribution is 5.84. The highest BCUT2D eigenvalue weighted by atomic mass is 16.2. The minimum absolute atomic E-state index is 0.0748. The van der Waals surface area contributed by atoms with Gasteiger partial charge in [-0.2, -0.15) is 5.10 Å². The summed E-state index contributed by atoms with van der Waals surface area (Å²) < 4.78 is 0. The van der Waals surface area contributed by atoms with Gasteiger partial charge >= 0.3 is 0 Å². The Morgan fingerprint density at radius 1 is 1.00 bits per heavy atom. The molecule has 2 aromatic rings. The van der Waals surface area contributed by atoms with Crippen LogP contribution in [0.2, 0.25) is 0 Å². The molecule has 0 saturated carbocycles. The molecule has 1 atom stereocenters. The minimum Gasteiger partial charge on any atom is -0.352 e. The minimum atomic E-state index is -0.0748. The van der Waals surface area contributed by atoms with E-state index in [0.717, 1.165) is 37.6 Å². The van der Waals surface area contributed by atoms with E-state index in [-0.39, 0.29) is 17.7 Å². The first-order valence-corrected chi connectivity index (χ1v) is 8.53. The summed E-state index contributed by atoms with van der Waals surface area (Å²) in [6.45, 7) is 7.28. The van der Waals surface area contributed by atoms with Crippen molar-refractivity contribution in [2.45, 2.75) is 19.8 Å². The maximum Gasteiger partial charge on any atom is 0.230 e. The summed E-state index contributed by atoms with van der Waals surface area (Å²) in [5.74, 6) is 1.32. The Morgan fingerprint density at radius 2 is 1.71 bits per heavy atom. The van der Waals surface area contributed by atoms with E-state index >= 15 is 0 Å². The third kappa shape index (κ3) is 3.55. The lowest BCUT2D eigenvalue weighted by Crippen LogP contribution is -2.50. The zero-order valence-electron chi connectivity index (χ0n) is 14.3. The number of anilines is 1. The molecule has 2 heterocycles. The van der Waals surface area contributed by atoms with Gasteiger partial charge in [-0.15, -0.1) is 5.10 Å². The Morgan fingerprint density at radius 3 is 2.29 bits per heavy atom. The van der Waals surface area contributed by atoms with Gasteiger partial charge in [0.1, 0.15) is 0 Å². The molecule has 24 heavy (non-hydrogen) atoms. The molecular formula is C19H24N4O. The molecule has 1 amide bonds. The second kappa shape index (κ2) is 7.43. The number of carbonyl (C=O) groups is 1. The van der Waals surface area contributed by atoms with Gasteiger partial charge in [0.15, 0.2) is 5.82 Å². The molecule has 1 aliphatic rings. The van der Waals surface area contributed by atoms with Gasteiger partial charge in [-0.3, -0.25) is 4.79 Å². The van der Waals surface area contributed by atoms with Gasteiger partial charge in [0.05, 0.1) is 5.92 Å². The molecule has 1 aromatic carbocycles. The monoisotopic (exact) mass is 324 g/mol. The zero-order valence-corrected chi connectivity index (χ0v) is 14.3. The summed E-state index contributed by atoms with van der Waals surface area (Å²) in [6, 6.07) is 14.0. The van der Waals surface area contributed by atoms with Crippen LogP contribution in [0.15, 0.2) is 48.7 Å². The van der Waals surface area contributed by atoms with Crippen LogP contribution in [0.25, 0.3) is 0 Å². The average molecular weight is 324 g/mol. The molecule has 5 nitrogen and oxygen atoms in total. The molecule has 3 rings (SSSR count). The van der Waals surface area contributed by atoms with Gasteiger partial charge < -0.3 is 9.80 Å². The first-order chi connectivity index (χ1) is 11.7. The Balaban J connectivity index is 1.67. The molecule has 1 aliphatic heterocycles. The van der Waals surface area contributed by atoms with Gasteiger partial charge in [0.25, 0.3) is 0 Å². The molecule has 0 radical (unpaired) electrons. The topological polar surface area (TPSA) is 49.3 Å². The average Bonchev–Trinajstić information content (AvgIpc) is 2.63. The first kappa shape index (κ1) is 16.4. The lowest BCUT2D eigenvalue weighted by atomic mass is 9.87. The van der Waals surface area contributed by atoms with Crippen molar-refractivity contribution in [2.75, 3.05) is 31.1 Å². The van der Waals surface area contributed by atoms with E-state index in [4.69, 9.17) is 0 Å². The fourth-order valence-electron chi connectivity index (χ4n) is 3.29. The zero-order chi connectivity index (χ0) is 16.9. The Bertz CT molecular complexity index is 652. The SMILES string of the molecule is CC(C)C(C(=O)N1CCN(c2cccnn2)CC1)c1ccccc1. The quantitative estimate of drug-likeness (QED) is 0.867. The summed E-state index contributed by atoms with van der Waals surface area (Å²) >= 11 is 0. The van der Waals surface area contributed by atoms with Gasteiger partial charge in [-0.1, -0.05) is 44.2 Å². The van der Waals surface area contributed by atoms with Crippen molar-refractivity contribution >= 4 is 11.7 Å². The van der Waals surface area contributed by atoms with Crippen LogP contribution in [0.1, 0.15) is 25.3 Å². The predicted molar refractivity (Wildman–Crippen MR) is 94.8 cm³/mol. The van der Waals surface area contributed by atoms with Crippen LogP contribution in [-0.2, 0) is 4.79 Å². The summed E-state index contributed by atoms with van der Waals surface area (Å²) in [7, 11) is 0. The highest BCUT2D eigenvalue weighted by Crippen LogP contribution is 2.27. The van der Waals surface area contributed by atoms with Crippen LogP contribution in [0.3, 0.4) is 0 Å². The number of aromatic nitrogens is 2. The van der Waals surface area contributed by atoms with Gasteiger partial charge in [0.2, 0.25) is 5.91 Å². The van der Waals surface area contributed by atoms with E-state index in [0.29, 0.717) is 0 Å². The molecule has 0 N–H and O–H groups in total. The van der Waals surface area contributed by atoms with Crippen LogP contribution >= 0.6 is 0 Å². The van der Waals surface area contributed by atoms with Gasteiger partial charge in [0, 0.05) is 32.4 Å². The molecule has 1 unspecified atom stereocenters. The number of hydrogen-bond acceptors (Lipinski definition) is 4. The van der Waals surface area contributed by atoms with E-state index in [9.17, 15) is 4.79 Å². The number of benzene rings is 1. The van der Waals surface area contributed by atoms with Crippen molar-refractivity contribution in [3.05, 3.63) is 54.2 Å². The lowest BCUT2D eigenvalue weighted by molar-refractivity contribution is -0.134. The maximum atomic E-state index is 13.1. The number of amides is 1. The molecule has 0 spiro atoms. The smallest absolute Gasteiger partial charge is 0.230 e. The number of nitrogens with zero attached hydrogens (tertiary/aromatic N) is 4. The summed E-state index contributed by atoms with van der Waals surface area (Å²) in [4.78, 5) is 17.2. The molecular weight excluding hydrogens is 300 g/mol. The van der Waals surface area contributed by atoms with Crippen molar-refractivity contribution < 1.29 is 4.79 Å². The number of carbonyl (C=O) groups excluding carboxylic acids is 1. The van der Waals surface area contributed by atoms with Crippen LogP contribution in [0, 0.1) is 5.92 Å². The van der Waals surface area contributed by atoms with Crippen LogP contribution < -0.4 is 4.90 Å². The highest BCUT2D eigenvalue weighted by Gasteiger charge is 2.30. The number of piperazine rings is 1. The number of rotatable bonds is 4. The fraction of sp³-hybridized carbons (Fsp3) is 0.421. The second-order valence-electron chi connectivity index (χ2n) is 6.53. The van der Waals surface area contributed by atoms with Crippen LogP contribution in [0.4, 0.5) is 5.82 Å². The molecule has 1 aromatic heterocycles. The van der Waals surface area contributed by atoms with E-state index in [2.05, 4.69) is 41.1 Å². The molecule has 1 saturated heterocycles. The lowest BCUT2D eigenvalue weighted by Gasteiger charge is -2.37. The van der Waals surface area contributed by atoms with E-state index in [1.54, 1.807) is 6.20 Å². The van der Waals surface area contributed by atoms with Gasteiger partial charge in [-0.05, 0) is 23.6 Å². The summed E-state index contributed by atoms with van der Waals surface area (Å²) in [6.07, 6.45) is 1.68. The van der Waals surface area contributed by atoms with E-state index in [1.807, 2.05) is 35.2 Å². The first-order valence-electron chi connectivity index (χ1n) is 8.53. The Labute approximate surface area is 143 Å².